The minimum Gasteiger partial charge on any atom is -0.450 e. The maximum absolute atomic E-state index is 10.9. The van der Waals surface area contributed by atoms with E-state index in [0.29, 0.717) is 0 Å². The summed E-state index contributed by atoms with van der Waals surface area (Å²) in [7, 11) is 1.30. The monoisotopic (exact) mass is 249 g/mol. The van der Waals surface area contributed by atoms with Gasteiger partial charge in [0.1, 0.15) is 0 Å². The van der Waals surface area contributed by atoms with Gasteiger partial charge in [-0.3, -0.25) is 5.32 Å². The average molecular weight is 251 g/mol. The third-order valence-corrected chi connectivity index (χ3v) is 1.65. The SMILES string of the molecule is CCOC(=O)NC(OC)C(Cl)(Cl)Cl. The van der Waals surface area contributed by atoms with Crippen LogP contribution in [0.1, 0.15) is 6.92 Å². The van der Waals surface area contributed by atoms with Crippen molar-refractivity contribution in [3.8, 4) is 0 Å². The van der Waals surface area contributed by atoms with Crippen molar-refractivity contribution in [3.63, 3.8) is 0 Å². The maximum atomic E-state index is 10.9. The molecule has 1 N–H and O–H groups in total. The van der Waals surface area contributed by atoms with Crippen LogP contribution in [0.2, 0.25) is 0 Å². The summed E-state index contributed by atoms with van der Waals surface area (Å²) in [5.41, 5.74) is 0. The molecule has 0 bridgehead atoms. The highest BCUT2D eigenvalue weighted by molar-refractivity contribution is 6.68. The van der Waals surface area contributed by atoms with Gasteiger partial charge in [-0.25, -0.2) is 4.79 Å². The number of carbonyl (C=O) groups excluding carboxylic acids is 1. The predicted molar refractivity (Wildman–Crippen MR) is 51.2 cm³/mol. The molecule has 0 saturated carbocycles. The summed E-state index contributed by atoms with van der Waals surface area (Å²) >= 11 is 16.4. The van der Waals surface area contributed by atoms with Crippen LogP contribution in [0.4, 0.5) is 4.79 Å². The van der Waals surface area contributed by atoms with E-state index < -0.39 is 16.1 Å². The van der Waals surface area contributed by atoms with Gasteiger partial charge in [0.05, 0.1) is 6.61 Å². The van der Waals surface area contributed by atoms with Gasteiger partial charge in [0.15, 0.2) is 6.23 Å². The van der Waals surface area contributed by atoms with Gasteiger partial charge in [-0.1, -0.05) is 34.8 Å². The molecule has 0 spiro atoms. The molecule has 0 aromatic rings. The number of hydrogen-bond donors (Lipinski definition) is 1. The van der Waals surface area contributed by atoms with E-state index in [2.05, 4.69) is 10.1 Å². The average Bonchev–Trinajstić information content (AvgIpc) is 1.98. The Bertz CT molecular complexity index is 171. The summed E-state index contributed by atoms with van der Waals surface area (Å²) in [5, 5.41) is 2.23. The van der Waals surface area contributed by atoms with E-state index >= 15 is 0 Å². The summed E-state index contributed by atoms with van der Waals surface area (Å²) in [4.78, 5) is 10.9. The topological polar surface area (TPSA) is 47.6 Å². The normalized spacial score (nSPS) is 13.6. The fourth-order valence-corrected chi connectivity index (χ4v) is 0.985. The van der Waals surface area contributed by atoms with E-state index in [1.807, 2.05) is 0 Å². The first-order valence-corrected chi connectivity index (χ1v) is 4.58. The number of halogens is 3. The lowest BCUT2D eigenvalue weighted by Gasteiger charge is -2.23. The second kappa shape index (κ2) is 5.75. The van der Waals surface area contributed by atoms with E-state index in [0.717, 1.165) is 0 Å². The fraction of sp³-hybridized carbons (Fsp3) is 0.833. The Hall–Kier alpha value is 0.1000. The van der Waals surface area contributed by atoms with Crippen LogP contribution in [0.3, 0.4) is 0 Å². The lowest BCUT2D eigenvalue weighted by Crippen LogP contribution is -2.45. The number of methoxy groups -OCH3 is 1. The van der Waals surface area contributed by atoms with Crippen LogP contribution < -0.4 is 5.32 Å². The van der Waals surface area contributed by atoms with Crippen LogP contribution >= 0.6 is 34.8 Å². The molecule has 0 rings (SSSR count). The van der Waals surface area contributed by atoms with Gasteiger partial charge in [0.25, 0.3) is 0 Å². The second-order valence-electron chi connectivity index (χ2n) is 2.02. The Morgan fingerprint density at radius 3 is 2.38 bits per heavy atom. The maximum Gasteiger partial charge on any atom is 0.409 e. The molecule has 0 heterocycles. The summed E-state index contributed by atoms with van der Waals surface area (Å²) in [6.45, 7) is 1.90. The van der Waals surface area contributed by atoms with Gasteiger partial charge < -0.3 is 9.47 Å². The Balaban J connectivity index is 4.06. The van der Waals surface area contributed by atoms with Crippen LogP contribution in [0.5, 0.6) is 0 Å². The van der Waals surface area contributed by atoms with E-state index in [1.165, 1.54) is 7.11 Å². The summed E-state index contributed by atoms with van der Waals surface area (Å²) < 4.78 is 7.57. The van der Waals surface area contributed by atoms with Gasteiger partial charge in [-0.05, 0) is 6.92 Å². The lowest BCUT2D eigenvalue weighted by atomic mass is 10.6. The molecule has 1 unspecified atom stereocenters. The van der Waals surface area contributed by atoms with Crippen LogP contribution in [0.25, 0.3) is 0 Å². The van der Waals surface area contributed by atoms with Crippen molar-refractivity contribution >= 4 is 40.9 Å². The van der Waals surface area contributed by atoms with Crippen LogP contribution in [0.15, 0.2) is 0 Å². The Morgan fingerprint density at radius 1 is 1.54 bits per heavy atom. The molecule has 7 heteroatoms. The molecular formula is C6H10Cl3NO3. The first-order valence-electron chi connectivity index (χ1n) is 3.44. The number of alkyl carbamates (subject to hydrolysis) is 1. The molecular weight excluding hydrogens is 240 g/mol. The number of hydrogen-bond acceptors (Lipinski definition) is 3. The molecule has 1 amide bonds. The number of ether oxygens (including phenoxy) is 2. The molecule has 0 saturated heterocycles. The molecule has 0 aromatic heterocycles. The minimum absolute atomic E-state index is 0.238. The van der Waals surface area contributed by atoms with Gasteiger partial charge >= 0.3 is 6.09 Å². The summed E-state index contributed by atoms with van der Waals surface area (Å²) in [6, 6.07) is 0. The van der Waals surface area contributed by atoms with Gasteiger partial charge in [0.2, 0.25) is 3.79 Å². The molecule has 0 fully saturated rings. The summed E-state index contributed by atoms with van der Waals surface area (Å²) in [6.07, 6.45) is -1.72. The van der Waals surface area contributed by atoms with Crippen LogP contribution in [-0.4, -0.2) is 29.8 Å². The zero-order valence-electron chi connectivity index (χ0n) is 7.14. The van der Waals surface area contributed by atoms with E-state index in [-0.39, 0.29) is 6.61 Å². The number of amides is 1. The predicted octanol–water partition coefficient (Wildman–Crippen LogP) is 2.08. The Labute approximate surface area is 91.4 Å². The van der Waals surface area contributed by atoms with Crippen molar-refractivity contribution in [1.82, 2.24) is 5.32 Å². The first kappa shape index (κ1) is 13.1. The molecule has 0 aliphatic rings. The highest BCUT2D eigenvalue weighted by Crippen LogP contribution is 2.30. The van der Waals surface area contributed by atoms with E-state index in [4.69, 9.17) is 39.5 Å². The lowest BCUT2D eigenvalue weighted by molar-refractivity contribution is 0.0655. The van der Waals surface area contributed by atoms with Crippen molar-refractivity contribution in [2.24, 2.45) is 0 Å². The molecule has 1 atom stereocenters. The number of rotatable bonds is 3. The molecule has 0 radical (unpaired) electrons. The van der Waals surface area contributed by atoms with Gasteiger partial charge in [-0.2, -0.15) is 0 Å². The fourth-order valence-electron chi connectivity index (χ4n) is 0.554. The smallest absolute Gasteiger partial charge is 0.409 e. The Kier molecular flexibility index (Phi) is 5.80. The molecule has 0 aliphatic carbocycles. The van der Waals surface area contributed by atoms with Crippen molar-refractivity contribution in [2.45, 2.75) is 16.9 Å². The van der Waals surface area contributed by atoms with Gasteiger partial charge in [-0.15, -0.1) is 0 Å². The van der Waals surface area contributed by atoms with E-state index in [1.54, 1.807) is 6.92 Å². The van der Waals surface area contributed by atoms with Crippen LogP contribution in [-0.2, 0) is 9.47 Å². The van der Waals surface area contributed by atoms with Gasteiger partial charge in [0, 0.05) is 7.11 Å². The third-order valence-electron chi connectivity index (χ3n) is 1.06. The van der Waals surface area contributed by atoms with Crippen LogP contribution in [0, 0.1) is 0 Å². The Morgan fingerprint density at radius 2 is 2.08 bits per heavy atom. The minimum atomic E-state index is -1.72. The number of nitrogens with one attached hydrogen (secondary N) is 1. The number of carbonyl (C=O) groups is 1. The molecule has 4 nitrogen and oxygen atoms in total. The first-order chi connectivity index (χ1) is 5.91. The van der Waals surface area contributed by atoms with Crippen molar-refractivity contribution < 1.29 is 14.3 Å². The quantitative estimate of drug-likeness (QED) is 0.616. The third kappa shape index (κ3) is 5.41. The van der Waals surface area contributed by atoms with Crippen molar-refractivity contribution in [3.05, 3.63) is 0 Å². The highest BCUT2D eigenvalue weighted by atomic mass is 35.6. The second-order valence-corrected chi connectivity index (χ2v) is 4.39. The molecule has 13 heavy (non-hydrogen) atoms. The van der Waals surface area contributed by atoms with Crippen molar-refractivity contribution in [2.75, 3.05) is 13.7 Å². The summed E-state index contributed by atoms with van der Waals surface area (Å²) in [5.74, 6) is 0. The number of alkyl halides is 3. The van der Waals surface area contributed by atoms with E-state index in [9.17, 15) is 4.79 Å². The standard InChI is InChI=1S/C6H10Cl3NO3/c1-3-13-5(11)10-4(12-2)6(7,8)9/h4H,3H2,1-2H3,(H,10,11). The zero-order chi connectivity index (χ0) is 10.5. The highest BCUT2D eigenvalue weighted by Gasteiger charge is 2.34. The molecule has 78 valence electrons. The zero-order valence-corrected chi connectivity index (χ0v) is 9.41. The largest absolute Gasteiger partial charge is 0.450 e. The molecule has 0 aliphatic heterocycles. The van der Waals surface area contributed by atoms with Crippen molar-refractivity contribution in [1.29, 1.82) is 0 Å². The molecule has 0 aromatic carbocycles.